The molecule has 0 heterocycles. The fraction of sp³-hybridized carbons (Fsp3) is 0.556. The Morgan fingerprint density at radius 1 is 1.25 bits per heavy atom. The van der Waals surface area contributed by atoms with Gasteiger partial charge in [0, 0.05) is 13.2 Å². The van der Waals surface area contributed by atoms with Crippen LogP contribution in [0.15, 0.2) is 24.4 Å². The average Bonchev–Trinajstić information content (AvgIpc) is 2.06. The van der Waals surface area contributed by atoms with Crippen LogP contribution in [0.25, 0.3) is 0 Å². The second-order valence-corrected chi connectivity index (χ2v) is 4.02. The molecule has 0 aliphatic heterocycles. The highest BCUT2D eigenvalue weighted by molar-refractivity contribution is 6.50. The third kappa shape index (κ3) is 6.33. The third-order valence-electron chi connectivity index (χ3n) is 1.26. The Labute approximate surface area is 76.7 Å². The Hall–Kier alpha value is -0.383. The summed E-state index contributed by atoms with van der Waals surface area (Å²) in [6.07, 6.45) is 4.80. The fourth-order valence-electron chi connectivity index (χ4n) is 0.774. The van der Waals surface area contributed by atoms with Crippen LogP contribution in [-0.2, 0) is 8.85 Å². The van der Waals surface area contributed by atoms with Crippen molar-refractivity contribution in [3.63, 3.8) is 0 Å². The van der Waals surface area contributed by atoms with Crippen molar-refractivity contribution in [3.8, 4) is 0 Å². The molecule has 2 nitrogen and oxygen atoms in total. The monoisotopic (exact) mass is 186 g/mol. The van der Waals surface area contributed by atoms with Crippen molar-refractivity contribution < 1.29 is 8.85 Å². The van der Waals surface area contributed by atoms with Crippen LogP contribution in [0.1, 0.15) is 20.3 Å². The van der Waals surface area contributed by atoms with E-state index in [0.29, 0.717) is 0 Å². The van der Waals surface area contributed by atoms with Crippen LogP contribution in [-0.4, -0.2) is 22.5 Å². The van der Waals surface area contributed by atoms with Crippen LogP contribution in [0.5, 0.6) is 0 Å². The van der Waals surface area contributed by atoms with Gasteiger partial charge in [0.15, 0.2) is 0 Å². The lowest BCUT2D eigenvalue weighted by atomic mass is 10.4. The van der Waals surface area contributed by atoms with Crippen molar-refractivity contribution in [1.29, 1.82) is 0 Å². The van der Waals surface area contributed by atoms with Gasteiger partial charge in [-0.25, -0.2) is 0 Å². The number of allylic oxidation sites excluding steroid dienone is 2. The quantitative estimate of drug-likeness (QED) is 0.447. The zero-order chi connectivity index (χ0) is 9.23. The minimum atomic E-state index is -1.49. The van der Waals surface area contributed by atoms with Gasteiger partial charge in [0.2, 0.25) is 0 Å². The topological polar surface area (TPSA) is 18.5 Å². The highest BCUT2D eigenvalue weighted by atomic mass is 28.3. The lowest BCUT2D eigenvalue weighted by Gasteiger charge is -2.09. The van der Waals surface area contributed by atoms with E-state index >= 15 is 0 Å². The summed E-state index contributed by atoms with van der Waals surface area (Å²) < 4.78 is 10.8. The van der Waals surface area contributed by atoms with Crippen LogP contribution >= 0.6 is 0 Å². The molecule has 12 heavy (non-hydrogen) atoms. The molecule has 0 saturated carbocycles. The number of hydrogen-bond acceptors (Lipinski definition) is 2. The zero-order valence-corrected chi connectivity index (χ0v) is 9.11. The van der Waals surface area contributed by atoms with Crippen molar-refractivity contribution in [2.24, 2.45) is 0 Å². The van der Waals surface area contributed by atoms with E-state index < -0.39 is 9.28 Å². The molecule has 3 heteroatoms. The molecule has 0 fully saturated rings. The first-order chi connectivity index (χ1) is 5.85. The van der Waals surface area contributed by atoms with Gasteiger partial charge >= 0.3 is 9.28 Å². The molecule has 0 aliphatic carbocycles. The van der Waals surface area contributed by atoms with Crippen molar-refractivity contribution in [2.75, 3.05) is 13.2 Å². The van der Waals surface area contributed by atoms with E-state index in [2.05, 4.69) is 18.4 Å². The maximum Gasteiger partial charge on any atom is 0.348 e. The molecule has 0 spiro atoms. The third-order valence-corrected chi connectivity index (χ3v) is 3.17. The van der Waals surface area contributed by atoms with Crippen molar-refractivity contribution >= 4 is 9.28 Å². The molecule has 0 radical (unpaired) electrons. The van der Waals surface area contributed by atoms with Crippen LogP contribution in [0, 0.1) is 0 Å². The average molecular weight is 186 g/mol. The Morgan fingerprint density at radius 3 is 2.25 bits per heavy atom. The van der Waals surface area contributed by atoms with E-state index in [4.69, 9.17) is 8.85 Å². The summed E-state index contributed by atoms with van der Waals surface area (Å²) in [5, 5.41) is 0. The van der Waals surface area contributed by atoms with Crippen LogP contribution in [0.4, 0.5) is 0 Å². The summed E-state index contributed by atoms with van der Waals surface area (Å²) in [5.74, 6) is 0. The van der Waals surface area contributed by atoms with Crippen LogP contribution in [0.2, 0.25) is 0 Å². The van der Waals surface area contributed by atoms with Gasteiger partial charge in [0.25, 0.3) is 0 Å². The summed E-state index contributed by atoms with van der Waals surface area (Å²) in [6.45, 7) is 9.07. The van der Waals surface area contributed by atoms with Crippen molar-refractivity contribution in [1.82, 2.24) is 0 Å². The molecule has 0 bridgehead atoms. The zero-order valence-electron chi connectivity index (χ0n) is 7.95. The Kier molecular flexibility index (Phi) is 8.43. The first-order valence-electron chi connectivity index (χ1n) is 4.35. The van der Waals surface area contributed by atoms with E-state index in [-0.39, 0.29) is 0 Å². The van der Waals surface area contributed by atoms with Crippen molar-refractivity contribution in [2.45, 2.75) is 20.3 Å². The normalized spacial score (nSPS) is 11.2. The number of rotatable bonds is 7. The Morgan fingerprint density at radius 2 is 1.83 bits per heavy atom. The van der Waals surface area contributed by atoms with E-state index in [1.54, 1.807) is 0 Å². The molecular formula is C9H18O2Si. The largest absolute Gasteiger partial charge is 0.394 e. The van der Waals surface area contributed by atoms with Gasteiger partial charge in [-0.3, -0.25) is 0 Å². The molecular weight excluding hydrogens is 168 g/mol. The molecule has 0 aliphatic rings. The minimum absolute atomic E-state index is 0.731. The molecule has 0 amide bonds. The maximum atomic E-state index is 5.42. The SMILES string of the molecule is C=CCC=C[SiH](OCC)OCC. The maximum absolute atomic E-state index is 5.42. The predicted molar refractivity (Wildman–Crippen MR) is 54.4 cm³/mol. The molecule has 0 aromatic heterocycles. The highest BCUT2D eigenvalue weighted by Crippen LogP contribution is 1.93. The first-order valence-corrected chi connectivity index (χ1v) is 5.96. The van der Waals surface area contributed by atoms with Crippen molar-refractivity contribution in [3.05, 3.63) is 24.4 Å². The summed E-state index contributed by atoms with van der Waals surface area (Å²) in [7, 11) is -1.49. The van der Waals surface area contributed by atoms with Crippen LogP contribution < -0.4 is 0 Å². The van der Waals surface area contributed by atoms with Gasteiger partial charge in [-0.05, 0) is 26.0 Å². The fourth-order valence-corrected chi connectivity index (χ4v) is 2.13. The van der Waals surface area contributed by atoms with Gasteiger partial charge in [0.1, 0.15) is 0 Å². The van der Waals surface area contributed by atoms with Gasteiger partial charge in [0.05, 0.1) is 0 Å². The second kappa shape index (κ2) is 8.71. The van der Waals surface area contributed by atoms with Gasteiger partial charge in [-0.15, -0.1) is 6.58 Å². The van der Waals surface area contributed by atoms with E-state index in [0.717, 1.165) is 19.6 Å². The summed E-state index contributed by atoms with van der Waals surface area (Å²) in [4.78, 5) is 0. The summed E-state index contributed by atoms with van der Waals surface area (Å²) >= 11 is 0. The molecule has 0 saturated heterocycles. The van der Waals surface area contributed by atoms with E-state index in [1.807, 2.05) is 19.9 Å². The van der Waals surface area contributed by atoms with E-state index in [1.165, 1.54) is 0 Å². The van der Waals surface area contributed by atoms with Gasteiger partial charge < -0.3 is 8.85 Å². The van der Waals surface area contributed by atoms with Crippen LogP contribution in [0.3, 0.4) is 0 Å². The molecule has 0 aromatic rings. The lowest BCUT2D eigenvalue weighted by molar-refractivity contribution is 0.224. The molecule has 0 atom stereocenters. The molecule has 0 aromatic carbocycles. The highest BCUT2D eigenvalue weighted by Gasteiger charge is 2.05. The minimum Gasteiger partial charge on any atom is -0.394 e. The molecule has 0 rings (SSSR count). The first kappa shape index (κ1) is 11.6. The Balaban J connectivity index is 3.67. The van der Waals surface area contributed by atoms with Gasteiger partial charge in [-0.1, -0.05) is 12.2 Å². The Bertz CT molecular complexity index is 128. The molecule has 70 valence electrons. The van der Waals surface area contributed by atoms with Gasteiger partial charge in [-0.2, -0.15) is 0 Å². The molecule has 0 unspecified atom stereocenters. The second-order valence-electron chi connectivity index (χ2n) is 2.23. The van der Waals surface area contributed by atoms with E-state index in [9.17, 15) is 0 Å². The number of hydrogen-bond donors (Lipinski definition) is 0. The smallest absolute Gasteiger partial charge is 0.348 e. The summed E-state index contributed by atoms with van der Waals surface area (Å²) in [5.41, 5.74) is 2.05. The predicted octanol–water partition coefficient (Wildman–Crippen LogP) is 1.95. The standard InChI is InChI=1S/C9H18O2Si/c1-4-7-8-9-12(10-5-2)11-6-3/h4,8-9,12H,1,5-7H2,2-3H3. The summed E-state index contributed by atoms with van der Waals surface area (Å²) in [6, 6.07) is 0. The lowest BCUT2D eigenvalue weighted by Crippen LogP contribution is -2.20. The molecule has 0 N–H and O–H groups in total.